The van der Waals surface area contributed by atoms with Crippen molar-refractivity contribution in [2.45, 2.75) is 12.5 Å². The lowest BCUT2D eigenvalue weighted by atomic mass is 10.2. The van der Waals surface area contributed by atoms with Crippen LogP contribution in [-0.4, -0.2) is 36.9 Å². The molecule has 0 bridgehead atoms. The number of hydrogen-bond acceptors (Lipinski definition) is 5. The number of ether oxygens (including phenoxy) is 2. The normalized spacial score (nSPS) is 14.0. The molecule has 0 spiro atoms. The Bertz CT molecular complexity index is 517. The first-order chi connectivity index (χ1) is 8.99. The molecular weight excluding hydrogens is 252 g/mol. The minimum Gasteiger partial charge on any atom is -0.480 e. The summed E-state index contributed by atoms with van der Waals surface area (Å²) in [6.45, 7) is 0.153. The molecule has 19 heavy (non-hydrogen) atoms. The van der Waals surface area contributed by atoms with Gasteiger partial charge in [0.25, 0.3) is 0 Å². The Balaban J connectivity index is 2.09. The highest BCUT2D eigenvalue weighted by Crippen LogP contribution is 2.35. The number of carboxylic acids is 1. The van der Waals surface area contributed by atoms with Gasteiger partial charge in [-0.05, 0) is 12.1 Å². The van der Waals surface area contributed by atoms with E-state index in [0.717, 1.165) is 0 Å². The van der Waals surface area contributed by atoms with Crippen molar-refractivity contribution in [2.75, 3.05) is 18.7 Å². The Morgan fingerprint density at radius 1 is 1.42 bits per heavy atom. The summed E-state index contributed by atoms with van der Waals surface area (Å²) in [7, 11) is 1.55. The molecule has 102 valence electrons. The zero-order valence-corrected chi connectivity index (χ0v) is 10.3. The van der Waals surface area contributed by atoms with Crippen LogP contribution in [0.1, 0.15) is 6.42 Å². The number of fused-ring (bicyclic) bond motifs is 1. The van der Waals surface area contributed by atoms with E-state index in [0.29, 0.717) is 17.2 Å². The molecule has 2 rings (SSSR count). The Kier molecular flexibility index (Phi) is 3.57. The van der Waals surface area contributed by atoms with Gasteiger partial charge >= 0.3 is 5.97 Å². The van der Waals surface area contributed by atoms with Crippen LogP contribution in [0.4, 0.5) is 5.69 Å². The van der Waals surface area contributed by atoms with Crippen LogP contribution in [0.3, 0.4) is 0 Å². The number of carbonyl (C=O) groups is 2. The average molecular weight is 266 g/mol. The van der Waals surface area contributed by atoms with Gasteiger partial charge in [0.15, 0.2) is 11.5 Å². The number of benzene rings is 1. The number of nitrogens with zero attached hydrogens (tertiary/aromatic N) is 1. The molecule has 0 saturated carbocycles. The molecular formula is C12H14N2O5. The third-order valence-corrected chi connectivity index (χ3v) is 2.83. The van der Waals surface area contributed by atoms with Crippen molar-refractivity contribution in [3.05, 3.63) is 18.2 Å². The average Bonchev–Trinajstić information content (AvgIpc) is 2.84. The van der Waals surface area contributed by atoms with Gasteiger partial charge in [0, 0.05) is 18.8 Å². The fraction of sp³-hybridized carbons (Fsp3) is 0.333. The van der Waals surface area contributed by atoms with E-state index in [1.807, 2.05) is 0 Å². The van der Waals surface area contributed by atoms with Crippen molar-refractivity contribution in [1.82, 2.24) is 0 Å². The molecule has 1 aliphatic rings. The van der Waals surface area contributed by atoms with E-state index < -0.39 is 12.0 Å². The summed E-state index contributed by atoms with van der Waals surface area (Å²) < 4.78 is 10.4. The van der Waals surface area contributed by atoms with E-state index in [4.69, 9.17) is 20.3 Å². The highest BCUT2D eigenvalue weighted by atomic mass is 16.7. The first kappa shape index (κ1) is 13.2. The summed E-state index contributed by atoms with van der Waals surface area (Å²) in [4.78, 5) is 23.8. The van der Waals surface area contributed by atoms with Crippen LogP contribution in [-0.2, 0) is 9.59 Å². The van der Waals surface area contributed by atoms with Crippen LogP contribution >= 0.6 is 0 Å². The second-order valence-corrected chi connectivity index (χ2v) is 4.14. The van der Waals surface area contributed by atoms with Crippen molar-refractivity contribution >= 4 is 17.6 Å². The third-order valence-electron chi connectivity index (χ3n) is 2.83. The maximum absolute atomic E-state index is 11.9. The van der Waals surface area contributed by atoms with E-state index in [2.05, 4.69) is 0 Å². The summed E-state index contributed by atoms with van der Waals surface area (Å²) in [5, 5.41) is 8.68. The van der Waals surface area contributed by atoms with Gasteiger partial charge in [-0.25, -0.2) is 0 Å². The molecule has 1 atom stereocenters. The van der Waals surface area contributed by atoms with E-state index in [1.165, 1.54) is 4.90 Å². The highest BCUT2D eigenvalue weighted by Gasteiger charge is 2.21. The summed E-state index contributed by atoms with van der Waals surface area (Å²) in [5.41, 5.74) is 5.92. The van der Waals surface area contributed by atoms with Crippen LogP contribution in [0.5, 0.6) is 11.5 Å². The Morgan fingerprint density at radius 2 is 2.11 bits per heavy atom. The Morgan fingerprint density at radius 3 is 2.79 bits per heavy atom. The van der Waals surface area contributed by atoms with Crippen molar-refractivity contribution in [1.29, 1.82) is 0 Å². The first-order valence-corrected chi connectivity index (χ1v) is 5.63. The van der Waals surface area contributed by atoms with Crippen molar-refractivity contribution in [3.63, 3.8) is 0 Å². The van der Waals surface area contributed by atoms with E-state index >= 15 is 0 Å². The number of amides is 1. The lowest BCUT2D eigenvalue weighted by molar-refractivity contribution is -0.140. The number of rotatable bonds is 4. The molecule has 3 N–H and O–H groups in total. The molecule has 1 aromatic carbocycles. The topological polar surface area (TPSA) is 102 Å². The minimum atomic E-state index is -1.20. The molecule has 0 radical (unpaired) electrons. The molecule has 7 heteroatoms. The second-order valence-electron chi connectivity index (χ2n) is 4.14. The minimum absolute atomic E-state index is 0.153. The second kappa shape index (κ2) is 5.15. The summed E-state index contributed by atoms with van der Waals surface area (Å²) in [6.07, 6.45) is -0.264. The summed E-state index contributed by atoms with van der Waals surface area (Å²) in [6, 6.07) is 3.84. The van der Waals surface area contributed by atoms with Crippen LogP contribution in [0.15, 0.2) is 18.2 Å². The number of nitrogens with two attached hydrogens (primary N) is 1. The standard InChI is InChI=1S/C12H14N2O5/c1-14(11(15)5-8(13)12(16)17)7-2-3-9-10(4-7)19-6-18-9/h2-4,8H,5-6,13H2,1H3,(H,16,17). The zero-order chi connectivity index (χ0) is 14.0. The Labute approximate surface area is 109 Å². The molecule has 1 amide bonds. The van der Waals surface area contributed by atoms with Crippen LogP contribution < -0.4 is 20.1 Å². The SMILES string of the molecule is CN(C(=O)CC(N)C(=O)O)c1ccc2c(c1)OCO2. The number of carbonyl (C=O) groups excluding carboxylic acids is 1. The lowest BCUT2D eigenvalue weighted by Gasteiger charge is -2.18. The predicted molar refractivity (Wildman–Crippen MR) is 66.2 cm³/mol. The van der Waals surface area contributed by atoms with E-state index in [9.17, 15) is 9.59 Å². The van der Waals surface area contributed by atoms with Gasteiger partial charge in [-0.3, -0.25) is 9.59 Å². The largest absolute Gasteiger partial charge is 0.480 e. The van der Waals surface area contributed by atoms with Crippen LogP contribution in [0.2, 0.25) is 0 Å². The molecule has 7 nitrogen and oxygen atoms in total. The van der Waals surface area contributed by atoms with Crippen molar-refractivity contribution in [2.24, 2.45) is 5.73 Å². The van der Waals surface area contributed by atoms with Gasteiger partial charge < -0.3 is 25.2 Å². The number of anilines is 1. The molecule has 1 aromatic rings. The van der Waals surface area contributed by atoms with Gasteiger partial charge in [0.05, 0.1) is 6.42 Å². The highest BCUT2D eigenvalue weighted by molar-refractivity contribution is 5.95. The molecule has 1 aliphatic heterocycles. The Hall–Kier alpha value is -2.28. The third kappa shape index (κ3) is 2.76. The summed E-state index contributed by atoms with van der Waals surface area (Å²) in [5.74, 6) is -0.410. The predicted octanol–water partition coefficient (Wildman–Crippen LogP) is 0.180. The number of hydrogen-bond donors (Lipinski definition) is 2. The summed E-state index contributed by atoms with van der Waals surface area (Å²) >= 11 is 0. The maximum Gasteiger partial charge on any atom is 0.321 e. The molecule has 0 aromatic heterocycles. The monoisotopic (exact) mass is 266 g/mol. The van der Waals surface area contributed by atoms with E-state index in [1.54, 1.807) is 25.2 Å². The number of aliphatic carboxylic acids is 1. The van der Waals surface area contributed by atoms with Crippen molar-refractivity contribution in [3.8, 4) is 11.5 Å². The van der Waals surface area contributed by atoms with Gasteiger partial charge in [-0.15, -0.1) is 0 Å². The molecule has 0 fully saturated rings. The quantitative estimate of drug-likeness (QED) is 0.806. The van der Waals surface area contributed by atoms with Gasteiger partial charge in [-0.2, -0.15) is 0 Å². The molecule has 0 saturated heterocycles. The molecule has 0 aliphatic carbocycles. The van der Waals surface area contributed by atoms with Crippen molar-refractivity contribution < 1.29 is 24.2 Å². The van der Waals surface area contributed by atoms with Gasteiger partial charge in [0.1, 0.15) is 6.04 Å². The lowest BCUT2D eigenvalue weighted by Crippen LogP contribution is -2.37. The smallest absolute Gasteiger partial charge is 0.321 e. The van der Waals surface area contributed by atoms with Gasteiger partial charge in [-0.1, -0.05) is 0 Å². The van der Waals surface area contributed by atoms with Gasteiger partial charge in [0.2, 0.25) is 12.7 Å². The molecule has 1 unspecified atom stereocenters. The maximum atomic E-state index is 11.9. The fourth-order valence-corrected chi connectivity index (χ4v) is 1.65. The number of carboxylic acid groups (broad SMARTS) is 1. The van der Waals surface area contributed by atoms with E-state index in [-0.39, 0.29) is 19.1 Å². The fourth-order valence-electron chi connectivity index (χ4n) is 1.65. The first-order valence-electron chi connectivity index (χ1n) is 5.63. The molecule has 1 heterocycles. The zero-order valence-electron chi connectivity index (χ0n) is 10.3. The van der Waals surface area contributed by atoms with Crippen LogP contribution in [0.25, 0.3) is 0 Å². The van der Waals surface area contributed by atoms with Crippen LogP contribution in [0, 0.1) is 0 Å².